The van der Waals surface area contributed by atoms with Crippen molar-refractivity contribution in [2.24, 2.45) is 11.0 Å². The van der Waals surface area contributed by atoms with Crippen molar-refractivity contribution in [3.8, 4) is 5.75 Å². The van der Waals surface area contributed by atoms with Crippen LogP contribution in [0.15, 0.2) is 29.4 Å². The van der Waals surface area contributed by atoms with Crippen LogP contribution in [-0.2, 0) is 19.1 Å². The summed E-state index contributed by atoms with van der Waals surface area (Å²) in [5.74, 6) is 0.0865. The van der Waals surface area contributed by atoms with Gasteiger partial charge in [-0.05, 0) is 37.6 Å². The molecule has 4 rings (SSSR count). The van der Waals surface area contributed by atoms with Crippen LogP contribution in [-0.4, -0.2) is 74.7 Å². The Hall–Kier alpha value is -2.65. The minimum Gasteiger partial charge on any atom is -0.497 e. The highest BCUT2D eigenvalue weighted by atomic mass is 16.5. The van der Waals surface area contributed by atoms with Crippen molar-refractivity contribution < 1.29 is 23.8 Å². The lowest BCUT2D eigenvalue weighted by Gasteiger charge is -2.51. The Bertz CT molecular complexity index is 821. The lowest BCUT2D eigenvalue weighted by Crippen LogP contribution is -2.73. The van der Waals surface area contributed by atoms with Crippen LogP contribution in [0.25, 0.3) is 0 Å². The number of ether oxygens (including phenoxy) is 3. The Morgan fingerprint density at radius 2 is 2.03 bits per heavy atom. The molecule has 0 bridgehead atoms. The van der Waals surface area contributed by atoms with Gasteiger partial charge in [0.25, 0.3) is 5.91 Å². The molecular formula is C21H28N4O5. The van der Waals surface area contributed by atoms with Gasteiger partial charge in [0, 0.05) is 25.6 Å². The first kappa shape index (κ1) is 20.6. The number of methoxy groups -OCH3 is 1. The van der Waals surface area contributed by atoms with Crippen LogP contribution in [0.5, 0.6) is 5.75 Å². The summed E-state index contributed by atoms with van der Waals surface area (Å²) in [5, 5.41) is 9.66. The molecule has 1 aromatic rings. The average Bonchev–Trinajstić information content (AvgIpc) is 3.11. The van der Waals surface area contributed by atoms with Gasteiger partial charge < -0.3 is 19.5 Å². The van der Waals surface area contributed by atoms with E-state index < -0.39 is 5.66 Å². The molecule has 0 aromatic heterocycles. The zero-order chi connectivity index (χ0) is 21.1. The van der Waals surface area contributed by atoms with E-state index in [0.717, 1.165) is 11.4 Å². The van der Waals surface area contributed by atoms with Crippen LogP contribution in [0.3, 0.4) is 0 Å². The first-order chi connectivity index (χ1) is 14.6. The minimum atomic E-state index is -1.03. The largest absolute Gasteiger partial charge is 0.497 e. The monoisotopic (exact) mass is 416 g/mol. The second-order valence-corrected chi connectivity index (χ2v) is 7.51. The standard InChI is InChI=1S/C21H28N4O5/c1-3-30-19(26)14-18-17-8-9-22-20(27)21(17,24-10-12-29-13-11-24)25(23-18)15-4-6-16(28-2)7-5-15/h4-7,17H,3,8-14H2,1-2H3,(H,22,27). The third kappa shape index (κ3) is 3.41. The molecule has 30 heavy (non-hydrogen) atoms. The maximum Gasteiger partial charge on any atom is 0.311 e. The zero-order valence-corrected chi connectivity index (χ0v) is 17.4. The predicted octanol–water partition coefficient (Wildman–Crippen LogP) is 0.989. The fraction of sp³-hybridized carbons (Fsp3) is 0.571. The van der Waals surface area contributed by atoms with Crippen LogP contribution < -0.4 is 15.1 Å². The minimum absolute atomic E-state index is 0.0739. The molecule has 3 heterocycles. The highest BCUT2D eigenvalue weighted by Gasteiger charge is 2.62. The summed E-state index contributed by atoms with van der Waals surface area (Å²) in [6.07, 6.45) is 0.776. The molecule has 2 fully saturated rings. The lowest BCUT2D eigenvalue weighted by molar-refractivity contribution is -0.144. The number of carbonyl (C=O) groups excluding carboxylic acids is 2. The second kappa shape index (κ2) is 8.61. The summed E-state index contributed by atoms with van der Waals surface area (Å²) in [6.45, 7) is 4.96. The average molecular weight is 416 g/mol. The Morgan fingerprint density at radius 3 is 2.70 bits per heavy atom. The summed E-state index contributed by atoms with van der Waals surface area (Å²) in [4.78, 5) is 27.9. The summed E-state index contributed by atoms with van der Waals surface area (Å²) in [5.41, 5.74) is 0.423. The molecule has 0 spiro atoms. The number of hydrogen-bond donors (Lipinski definition) is 1. The van der Waals surface area contributed by atoms with E-state index in [2.05, 4.69) is 10.2 Å². The number of piperidine rings is 1. The van der Waals surface area contributed by atoms with E-state index in [1.54, 1.807) is 19.0 Å². The second-order valence-electron chi connectivity index (χ2n) is 7.51. The zero-order valence-electron chi connectivity index (χ0n) is 17.4. The Labute approximate surface area is 175 Å². The van der Waals surface area contributed by atoms with E-state index in [4.69, 9.17) is 19.3 Å². The number of hydrogen-bond acceptors (Lipinski definition) is 8. The third-order valence-electron chi connectivity index (χ3n) is 5.93. The molecule has 3 aliphatic heterocycles. The molecule has 2 unspecified atom stereocenters. The summed E-state index contributed by atoms with van der Waals surface area (Å²) in [6, 6.07) is 7.46. The highest BCUT2D eigenvalue weighted by Crippen LogP contribution is 2.44. The van der Waals surface area contributed by atoms with E-state index in [0.29, 0.717) is 51.6 Å². The molecule has 1 amide bonds. The van der Waals surface area contributed by atoms with Gasteiger partial charge in [-0.2, -0.15) is 5.10 Å². The number of fused-ring (bicyclic) bond motifs is 1. The molecule has 162 valence electrons. The molecule has 9 heteroatoms. The molecule has 2 atom stereocenters. The highest BCUT2D eigenvalue weighted by molar-refractivity contribution is 6.08. The maximum atomic E-state index is 13.5. The number of rotatable bonds is 6. The van der Waals surface area contributed by atoms with E-state index in [1.807, 2.05) is 24.3 Å². The van der Waals surface area contributed by atoms with E-state index in [9.17, 15) is 9.59 Å². The van der Waals surface area contributed by atoms with Crippen molar-refractivity contribution in [3.05, 3.63) is 24.3 Å². The summed E-state index contributed by atoms with van der Waals surface area (Å²) < 4.78 is 16.0. The smallest absolute Gasteiger partial charge is 0.311 e. The number of esters is 1. The molecule has 9 nitrogen and oxygen atoms in total. The summed E-state index contributed by atoms with van der Waals surface area (Å²) >= 11 is 0. The lowest BCUT2D eigenvalue weighted by atomic mass is 9.80. The third-order valence-corrected chi connectivity index (χ3v) is 5.93. The van der Waals surface area contributed by atoms with Crippen molar-refractivity contribution in [1.29, 1.82) is 0 Å². The van der Waals surface area contributed by atoms with Crippen molar-refractivity contribution >= 4 is 23.3 Å². The number of benzene rings is 1. The molecule has 1 N–H and O–H groups in total. The van der Waals surface area contributed by atoms with Gasteiger partial charge in [0.05, 0.1) is 44.8 Å². The van der Waals surface area contributed by atoms with Gasteiger partial charge in [0.2, 0.25) is 5.66 Å². The van der Waals surface area contributed by atoms with Crippen LogP contribution in [0, 0.1) is 5.92 Å². The number of hydrazone groups is 1. The molecule has 0 saturated carbocycles. The van der Waals surface area contributed by atoms with E-state index >= 15 is 0 Å². The Morgan fingerprint density at radius 1 is 1.30 bits per heavy atom. The normalized spacial score (nSPS) is 26.6. The van der Waals surface area contributed by atoms with Crippen LogP contribution in [0.1, 0.15) is 19.8 Å². The SMILES string of the molecule is CCOC(=O)CC1=NN(c2ccc(OC)cc2)C2(N3CCOCC3)C(=O)NCCC12. The molecular weight excluding hydrogens is 388 g/mol. The first-order valence-corrected chi connectivity index (χ1v) is 10.4. The quantitative estimate of drug-likeness (QED) is 0.692. The van der Waals surface area contributed by atoms with Gasteiger partial charge in [-0.1, -0.05) is 0 Å². The van der Waals surface area contributed by atoms with Crippen molar-refractivity contribution in [1.82, 2.24) is 10.2 Å². The van der Waals surface area contributed by atoms with Crippen molar-refractivity contribution in [2.45, 2.75) is 25.4 Å². The number of nitrogens with one attached hydrogen (secondary N) is 1. The van der Waals surface area contributed by atoms with Gasteiger partial charge >= 0.3 is 5.97 Å². The van der Waals surface area contributed by atoms with E-state index in [1.165, 1.54) is 0 Å². The number of morpholine rings is 1. The van der Waals surface area contributed by atoms with E-state index in [-0.39, 0.29) is 24.2 Å². The molecule has 0 aliphatic carbocycles. The topological polar surface area (TPSA) is 92.7 Å². The van der Waals surface area contributed by atoms with Gasteiger partial charge in [-0.15, -0.1) is 0 Å². The number of amides is 1. The van der Waals surface area contributed by atoms with Crippen LogP contribution >= 0.6 is 0 Å². The fourth-order valence-corrected chi connectivity index (χ4v) is 4.64. The Balaban J connectivity index is 1.79. The number of nitrogens with zero attached hydrogens (tertiary/aromatic N) is 3. The molecule has 3 aliphatic rings. The van der Waals surface area contributed by atoms with Crippen LogP contribution in [0.4, 0.5) is 5.69 Å². The van der Waals surface area contributed by atoms with Gasteiger partial charge in [0.15, 0.2) is 0 Å². The molecule has 2 saturated heterocycles. The predicted molar refractivity (Wildman–Crippen MR) is 110 cm³/mol. The Kier molecular flexibility index (Phi) is 5.92. The first-order valence-electron chi connectivity index (χ1n) is 10.4. The summed E-state index contributed by atoms with van der Waals surface area (Å²) in [7, 11) is 1.61. The maximum absolute atomic E-state index is 13.5. The molecule has 0 radical (unpaired) electrons. The fourth-order valence-electron chi connectivity index (χ4n) is 4.64. The number of anilines is 1. The van der Waals surface area contributed by atoms with Gasteiger partial charge in [-0.3, -0.25) is 14.5 Å². The van der Waals surface area contributed by atoms with Gasteiger partial charge in [-0.25, -0.2) is 5.01 Å². The van der Waals surface area contributed by atoms with Crippen molar-refractivity contribution in [3.63, 3.8) is 0 Å². The van der Waals surface area contributed by atoms with Crippen molar-refractivity contribution in [2.75, 3.05) is 51.6 Å². The number of carbonyl (C=O) groups is 2. The van der Waals surface area contributed by atoms with Crippen LogP contribution in [0.2, 0.25) is 0 Å². The van der Waals surface area contributed by atoms with Gasteiger partial charge in [0.1, 0.15) is 5.75 Å². The molecule has 1 aromatic carbocycles.